The summed E-state index contributed by atoms with van der Waals surface area (Å²) in [5.74, 6) is 0.455. The Balaban J connectivity index is 1.75. The SMILES string of the molecule is Fc1ccc(OCc2cccc3c2CCCN3)cc1. The summed E-state index contributed by atoms with van der Waals surface area (Å²) < 4.78 is 18.5. The first-order valence-corrected chi connectivity index (χ1v) is 6.56. The number of hydrogen-bond acceptors (Lipinski definition) is 2. The van der Waals surface area contributed by atoms with E-state index in [2.05, 4.69) is 17.4 Å². The van der Waals surface area contributed by atoms with E-state index in [1.54, 1.807) is 12.1 Å². The molecule has 2 aromatic carbocycles. The highest BCUT2D eigenvalue weighted by Gasteiger charge is 2.12. The first-order valence-electron chi connectivity index (χ1n) is 6.56. The van der Waals surface area contributed by atoms with Crippen LogP contribution in [0.5, 0.6) is 5.75 Å². The van der Waals surface area contributed by atoms with Crippen molar-refractivity contribution in [3.63, 3.8) is 0 Å². The Morgan fingerprint density at radius 2 is 1.95 bits per heavy atom. The first-order chi connectivity index (χ1) is 9.33. The molecule has 3 heteroatoms. The largest absolute Gasteiger partial charge is 0.489 e. The summed E-state index contributed by atoms with van der Waals surface area (Å²) in [6.07, 6.45) is 2.24. The predicted octanol–water partition coefficient (Wildman–Crippen LogP) is 3.76. The highest BCUT2D eigenvalue weighted by atomic mass is 19.1. The molecule has 0 aliphatic carbocycles. The van der Waals surface area contributed by atoms with Gasteiger partial charge in [0.25, 0.3) is 0 Å². The van der Waals surface area contributed by atoms with Crippen molar-refractivity contribution in [1.82, 2.24) is 0 Å². The van der Waals surface area contributed by atoms with Gasteiger partial charge in [-0.1, -0.05) is 12.1 Å². The Labute approximate surface area is 112 Å². The molecule has 0 unspecified atom stereocenters. The lowest BCUT2D eigenvalue weighted by atomic mass is 9.98. The third-order valence-corrected chi connectivity index (χ3v) is 3.40. The smallest absolute Gasteiger partial charge is 0.123 e. The highest BCUT2D eigenvalue weighted by molar-refractivity contribution is 5.56. The maximum atomic E-state index is 12.8. The summed E-state index contributed by atoms with van der Waals surface area (Å²) in [5.41, 5.74) is 3.76. The van der Waals surface area contributed by atoms with E-state index in [4.69, 9.17) is 4.74 Å². The van der Waals surface area contributed by atoms with Crippen molar-refractivity contribution in [1.29, 1.82) is 0 Å². The summed E-state index contributed by atoms with van der Waals surface area (Å²) in [6, 6.07) is 12.4. The van der Waals surface area contributed by atoms with Crippen LogP contribution in [0.4, 0.5) is 10.1 Å². The Bertz CT molecular complexity index is 565. The first kappa shape index (κ1) is 12.0. The molecule has 1 heterocycles. The molecule has 19 heavy (non-hydrogen) atoms. The van der Waals surface area contributed by atoms with Crippen LogP contribution in [0.2, 0.25) is 0 Å². The molecule has 0 atom stereocenters. The zero-order chi connectivity index (χ0) is 13.1. The number of benzene rings is 2. The molecule has 0 spiro atoms. The van der Waals surface area contributed by atoms with Crippen LogP contribution < -0.4 is 10.1 Å². The van der Waals surface area contributed by atoms with Crippen molar-refractivity contribution in [2.75, 3.05) is 11.9 Å². The molecule has 1 N–H and O–H groups in total. The Morgan fingerprint density at radius 3 is 2.79 bits per heavy atom. The third-order valence-electron chi connectivity index (χ3n) is 3.40. The van der Waals surface area contributed by atoms with Gasteiger partial charge in [0.1, 0.15) is 18.2 Å². The Kier molecular flexibility index (Phi) is 3.36. The van der Waals surface area contributed by atoms with Crippen molar-refractivity contribution in [3.05, 3.63) is 59.4 Å². The van der Waals surface area contributed by atoms with Crippen LogP contribution in [0.25, 0.3) is 0 Å². The van der Waals surface area contributed by atoms with Crippen molar-refractivity contribution in [2.45, 2.75) is 19.4 Å². The van der Waals surface area contributed by atoms with E-state index in [1.165, 1.54) is 28.9 Å². The summed E-state index contributed by atoms with van der Waals surface area (Å²) in [7, 11) is 0. The van der Waals surface area contributed by atoms with Crippen LogP contribution in [0.15, 0.2) is 42.5 Å². The van der Waals surface area contributed by atoms with Gasteiger partial charge in [0.05, 0.1) is 0 Å². The zero-order valence-electron chi connectivity index (χ0n) is 10.7. The van der Waals surface area contributed by atoms with E-state index in [0.717, 1.165) is 19.4 Å². The summed E-state index contributed by atoms with van der Waals surface area (Å²) in [6.45, 7) is 1.56. The standard InChI is InChI=1S/C16H16FNO/c17-13-6-8-14(9-7-13)19-11-12-3-1-5-16-15(12)4-2-10-18-16/h1,3,5-9,18H,2,4,10-11H2. The number of anilines is 1. The van der Waals surface area contributed by atoms with Crippen LogP contribution >= 0.6 is 0 Å². The molecular formula is C16H16FNO. The fraction of sp³-hybridized carbons (Fsp3) is 0.250. The molecule has 0 saturated heterocycles. The molecule has 2 nitrogen and oxygen atoms in total. The van der Waals surface area contributed by atoms with E-state index in [1.807, 2.05) is 6.07 Å². The molecule has 0 aromatic heterocycles. The molecule has 0 radical (unpaired) electrons. The lowest BCUT2D eigenvalue weighted by Crippen LogP contribution is -2.14. The van der Waals surface area contributed by atoms with Crippen LogP contribution in [0, 0.1) is 5.82 Å². The average Bonchev–Trinajstić information content (AvgIpc) is 2.47. The topological polar surface area (TPSA) is 21.3 Å². The fourth-order valence-electron chi connectivity index (χ4n) is 2.41. The second-order valence-corrected chi connectivity index (χ2v) is 4.72. The maximum absolute atomic E-state index is 12.8. The van der Waals surface area contributed by atoms with E-state index < -0.39 is 0 Å². The molecule has 2 aromatic rings. The maximum Gasteiger partial charge on any atom is 0.123 e. The van der Waals surface area contributed by atoms with Gasteiger partial charge in [0.15, 0.2) is 0 Å². The van der Waals surface area contributed by atoms with Crippen molar-refractivity contribution >= 4 is 5.69 Å². The minimum atomic E-state index is -0.242. The van der Waals surface area contributed by atoms with E-state index in [9.17, 15) is 4.39 Å². The van der Waals surface area contributed by atoms with Gasteiger partial charge in [-0.2, -0.15) is 0 Å². The fourth-order valence-corrected chi connectivity index (χ4v) is 2.41. The number of fused-ring (bicyclic) bond motifs is 1. The molecule has 0 fully saturated rings. The zero-order valence-corrected chi connectivity index (χ0v) is 10.7. The third kappa shape index (κ3) is 2.70. The van der Waals surface area contributed by atoms with Gasteiger partial charge < -0.3 is 10.1 Å². The predicted molar refractivity (Wildman–Crippen MR) is 74.0 cm³/mol. The molecule has 0 saturated carbocycles. The Morgan fingerprint density at radius 1 is 1.11 bits per heavy atom. The van der Waals surface area contributed by atoms with Gasteiger partial charge in [-0.25, -0.2) is 4.39 Å². The van der Waals surface area contributed by atoms with Crippen molar-refractivity contribution in [3.8, 4) is 5.75 Å². The van der Waals surface area contributed by atoms with Crippen LogP contribution in [-0.4, -0.2) is 6.54 Å². The molecule has 0 bridgehead atoms. The van der Waals surface area contributed by atoms with Crippen molar-refractivity contribution in [2.24, 2.45) is 0 Å². The van der Waals surface area contributed by atoms with E-state index in [-0.39, 0.29) is 5.82 Å². The van der Waals surface area contributed by atoms with E-state index in [0.29, 0.717) is 12.4 Å². The minimum absolute atomic E-state index is 0.242. The van der Waals surface area contributed by atoms with Gasteiger partial charge in [-0.3, -0.25) is 0 Å². The summed E-state index contributed by atoms with van der Waals surface area (Å²) in [4.78, 5) is 0. The second-order valence-electron chi connectivity index (χ2n) is 4.72. The molecule has 98 valence electrons. The van der Waals surface area contributed by atoms with Crippen LogP contribution in [0.3, 0.4) is 0 Å². The molecule has 1 aliphatic heterocycles. The van der Waals surface area contributed by atoms with Gasteiger partial charge in [0, 0.05) is 12.2 Å². The highest BCUT2D eigenvalue weighted by Crippen LogP contribution is 2.26. The molecule has 1 aliphatic rings. The number of nitrogens with one attached hydrogen (secondary N) is 1. The number of halogens is 1. The number of ether oxygens (including phenoxy) is 1. The summed E-state index contributed by atoms with van der Waals surface area (Å²) >= 11 is 0. The number of rotatable bonds is 3. The molecular weight excluding hydrogens is 241 g/mol. The van der Waals surface area contributed by atoms with Gasteiger partial charge >= 0.3 is 0 Å². The molecule has 0 amide bonds. The van der Waals surface area contributed by atoms with Gasteiger partial charge in [0.2, 0.25) is 0 Å². The minimum Gasteiger partial charge on any atom is -0.489 e. The van der Waals surface area contributed by atoms with Crippen molar-refractivity contribution < 1.29 is 9.13 Å². The lowest BCUT2D eigenvalue weighted by molar-refractivity contribution is 0.304. The van der Waals surface area contributed by atoms with Crippen LogP contribution in [-0.2, 0) is 13.0 Å². The second kappa shape index (κ2) is 5.31. The van der Waals surface area contributed by atoms with Crippen LogP contribution in [0.1, 0.15) is 17.5 Å². The van der Waals surface area contributed by atoms with E-state index >= 15 is 0 Å². The summed E-state index contributed by atoms with van der Waals surface area (Å²) in [5, 5.41) is 3.40. The Hall–Kier alpha value is -2.03. The normalized spacial score (nSPS) is 13.5. The monoisotopic (exact) mass is 257 g/mol. The average molecular weight is 257 g/mol. The van der Waals surface area contributed by atoms with Gasteiger partial charge in [-0.05, 0) is 54.3 Å². The van der Waals surface area contributed by atoms with Gasteiger partial charge in [-0.15, -0.1) is 0 Å². The number of hydrogen-bond donors (Lipinski definition) is 1. The quantitative estimate of drug-likeness (QED) is 0.904. The molecule has 3 rings (SSSR count). The lowest BCUT2D eigenvalue weighted by Gasteiger charge is -2.21.